The van der Waals surface area contributed by atoms with Crippen LogP contribution in [0.15, 0.2) is 42.5 Å². The first kappa shape index (κ1) is 21.0. The van der Waals surface area contributed by atoms with Crippen LogP contribution in [0, 0.1) is 6.92 Å². The standard InChI is InChI=1S/C23H30O4/c1-4-19-9-14-22(18(2)17-19)27-23(24)20-10-12-21(13-11-20)26-16-8-6-5-7-15-25-3/h9-14,17H,4-8,15-16H2,1-3H3. The first-order chi connectivity index (χ1) is 13.1. The summed E-state index contributed by atoms with van der Waals surface area (Å²) in [5.41, 5.74) is 2.71. The average molecular weight is 370 g/mol. The first-order valence-electron chi connectivity index (χ1n) is 9.67. The Morgan fingerprint density at radius 1 is 0.926 bits per heavy atom. The van der Waals surface area contributed by atoms with Crippen molar-refractivity contribution in [3.05, 3.63) is 59.2 Å². The van der Waals surface area contributed by atoms with Crippen molar-refractivity contribution < 1.29 is 19.0 Å². The van der Waals surface area contributed by atoms with Crippen LogP contribution >= 0.6 is 0 Å². The second-order valence-corrected chi connectivity index (χ2v) is 6.62. The van der Waals surface area contributed by atoms with E-state index in [2.05, 4.69) is 13.0 Å². The summed E-state index contributed by atoms with van der Waals surface area (Å²) in [6.07, 6.45) is 5.35. The maximum atomic E-state index is 12.3. The summed E-state index contributed by atoms with van der Waals surface area (Å²) in [6.45, 7) is 5.56. The highest BCUT2D eigenvalue weighted by Crippen LogP contribution is 2.21. The molecule has 2 rings (SSSR count). The largest absolute Gasteiger partial charge is 0.494 e. The van der Waals surface area contributed by atoms with Gasteiger partial charge in [0.05, 0.1) is 12.2 Å². The number of hydrogen-bond acceptors (Lipinski definition) is 4. The van der Waals surface area contributed by atoms with Gasteiger partial charge in [-0.25, -0.2) is 4.79 Å². The Morgan fingerprint density at radius 3 is 2.26 bits per heavy atom. The fourth-order valence-electron chi connectivity index (χ4n) is 2.78. The highest BCUT2D eigenvalue weighted by Gasteiger charge is 2.11. The number of carbonyl (C=O) groups excluding carboxylic acids is 1. The molecule has 2 aromatic carbocycles. The molecule has 0 spiro atoms. The summed E-state index contributed by atoms with van der Waals surface area (Å²) in [4.78, 5) is 12.3. The topological polar surface area (TPSA) is 44.8 Å². The van der Waals surface area contributed by atoms with Gasteiger partial charge in [0.25, 0.3) is 0 Å². The van der Waals surface area contributed by atoms with Gasteiger partial charge in [0, 0.05) is 13.7 Å². The van der Waals surface area contributed by atoms with Gasteiger partial charge in [0.1, 0.15) is 11.5 Å². The third kappa shape index (κ3) is 7.06. The number of esters is 1. The zero-order chi connectivity index (χ0) is 19.5. The molecule has 146 valence electrons. The molecule has 0 bridgehead atoms. The van der Waals surface area contributed by atoms with Crippen molar-refractivity contribution in [3.8, 4) is 11.5 Å². The van der Waals surface area contributed by atoms with Crippen molar-refractivity contribution in [1.82, 2.24) is 0 Å². The van der Waals surface area contributed by atoms with Gasteiger partial charge in [-0.05, 0) is 74.1 Å². The summed E-state index contributed by atoms with van der Waals surface area (Å²) < 4.78 is 16.3. The van der Waals surface area contributed by atoms with Gasteiger partial charge in [-0.1, -0.05) is 25.5 Å². The minimum absolute atomic E-state index is 0.355. The molecule has 0 atom stereocenters. The third-order valence-electron chi connectivity index (χ3n) is 4.45. The molecule has 0 saturated heterocycles. The molecule has 0 saturated carbocycles. The Bertz CT molecular complexity index is 707. The van der Waals surface area contributed by atoms with Crippen molar-refractivity contribution in [3.63, 3.8) is 0 Å². The lowest BCUT2D eigenvalue weighted by Crippen LogP contribution is -2.09. The molecule has 27 heavy (non-hydrogen) atoms. The summed E-state index contributed by atoms with van der Waals surface area (Å²) in [7, 11) is 1.73. The van der Waals surface area contributed by atoms with E-state index in [9.17, 15) is 4.79 Å². The SMILES string of the molecule is CCc1ccc(OC(=O)c2ccc(OCCCCCCOC)cc2)c(C)c1. The number of rotatable bonds is 11. The molecule has 0 amide bonds. The van der Waals surface area contributed by atoms with E-state index in [4.69, 9.17) is 14.2 Å². The van der Waals surface area contributed by atoms with E-state index in [1.54, 1.807) is 19.2 Å². The number of unbranched alkanes of at least 4 members (excludes halogenated alkanes) is 3. The van der Waals surface area contributed by atoms with Gasteiger partial charge >= 0.3 is 5.97 Å². The fourth-order valence-corrected chi connectivity index (χ4v) is 2.78. The Morgan fingerprint density at radius 2 is 1.63 bits per heavy atom. The molecular weight excluding hydrogens is 340 g/mol. The number of benzene rings is 2. The van der Waals surface area contributed by atoms with Crippen LogP contribution in [0.2, 0.25) is 0 Å². The number of ether oxygens (including phenoxy) is 3. The number of hydrogen-bond donors (Lipinski definition) is 0. The quantitative estimate of drug-likeness (QED) is 0.303. The summed E-state index contributed by atoms with van der Waals surface area (Å²) >= 11 is 0. The lowest BCUT2D eigenvalue weighted by atomic mass is 10.1. The molecule has 0 fully saturated rings. The zero-order valence-corrected chi connectivity index (χ0v) is 16.6. The average Bonchev–Trinajstić information content (AvgIpc) is 2.69. The van der Waals surface area contributed by atoms with Crippen LogP contribution in [0.25, 0.3) is 0 Å². The Kier molecular flexibility index (Phi) is 8.85. The fraction of sp³-hybridized carbons (Fsp3) is 0.435. The Labute approximate surface area is 162 Å². The lowest BCUT2D eigenvalue weighted by molar-refractivity contribution is 0.0733. The molecule has 2 aromatic rings. The molecule has 0 aliphatic carbocycles. The predicted molar refractivity (Wildman–Crippen MR) is 108 cm³/mol. The number of carbonyl (C=O) groups is 1. The molecular formula is C23H30O4. The molecule has 0 heterocycles. The first-order valence-corrected chi connectivity index (χ1v) is 9.67. The third-order valence-corrected chi connectivity index (χ3v) is 4.45. The highest BCUT2D eigenvalue weighted by molar-refractivity contribution is 5.91. The van der Waals surface area contributed by atoms with Crippen molar-refractivity contribution in [1.29, 1.82) is 0 Å². The molecule has 4 nitrogen and oxygen atoms in total. The van der Waals surface area contributed by atoms with Gasteiger partial charge in [0.2, 0.25) is 0 Å². The number of aryl methyl sites for hydroxylation is 2. The molecule has 0 N–H and O–H groups in total. The van der Waals surface area contributed by atoms with E-state index in [-0.39, 0.29) is 5.97 Å². The molecule has 0 aliphatic rings. The van der Waals surface area contributed by atoms with Crippen LogP contribution in [-0.4, -0.2) is 26.3 Å². The zero-order valence-electron chi connectivity index (χ0n) is 16.6. The molecule has 0 radical (unpaired) electrons. The minimum Gasteiger partial charge on any atom is -0.494 e. The van der Waals surface area contributed by atoms with Crippen molar-refractivity contribution >= 4 is 5.97 Å². The minimum atomic E-state index is -0.355. The molecule has 0 aromatic heterocycles. The van der Waals surface area contributed by atoms with Gasteiger partial charge in [-0.3, -0.25) is 0 Å². The van der Waals surface area contributed by atoms with Crippen LogP contribution in [0.4, 0.5) is 0 Å². The molecule has 4 heteroatoms. The highest BCUT2D eigenvalue weighted by atomic mass is 16.5. The maximum Gasteiger partial charge on any atom is 0.343 e. The smallest absolute Gasteiger partial charge is 0.343 e. The second-order valence-electron chi connectivity index (χ2n) is 6.62. The molecule has 0 unspecified atom stereocenters. The summed E-state index contributed by atoms with van der Waals surface area (Å²) in [5, 5.41) is 0. The normalized spacial score (nSPS) is 10.6. The van der Waals surface area contributed by atoms with Crippen LogP contribution in [0.5, 0.6) is 11.5 Å². The van der Waals surface area contributed by atoms with E-state index in [0.29, 0.717) is 17.9 Å². The monoisotopic (exact) mass is 370 g/mol. The second kappa shape index (κ2) is 11.4. The van der Waals surface area contributed by atoms with E-state index in [1.807, 2.05) is 31.2 Å². The maximum absolute atomic E-state index is 12.3. The van der Waals surface area contributed by atoms with Crippen molar-refractivity contribution in [2.45, 2.75) is 46.0 Å². The lowest BCUT2D eigenvalue weighted by Gasteiger charge is -2.10. The van der Waals surface area contributed by atoms with Gasteiger partial charge < -0.3 is 14.2 Å². The van der Waals surface area contributed by atoms with Gasteiger partial charge in [-0.15, -0.1) is 0 Å². The summed E-state index contributed by atoms with van der Waals surface area (Å²) in [6, 6.07) is 13.0. The number of methoxy groups -OCH3 is 1. The van der Waals surface area contributed by atoms with E-state index in [0.717, 1.165) is 50.0 Å². The van der Waals surface area contributed by atoms with Crippen LogP contribution < -0.4 is 9.47 Å². The van der Waals surface area contributed by atoms with Crippen LogP contribution in [-0.2, 0) is 11.2 Å². The van der Waals surface area contributed by atoms with Crippen molar-refractivity contribution in [2.75, 3.05) is 20.3 Å². The molecule has 0 aliphatic heterocycles. The van der Waals surface area contributed by atoms with Gasteiger partial charge in [0.15, 0.2) is 0 Å². The van der Waals surface area contributed by atoms with E-state index < -0.39 is 0 Å². The van der Waals surface area contributed by atoms with E-state index >= 15 is 0 Å². The Hall–Kier alpha value is -2.33. The van der Waals surface area contributed by atoms with Crippen molar-refractivity contribution in [2.24, 2.45) is 0 Å². The van der Waals surface area contributed by atoms with E-state index in [1.165, 1.54) is 5.56 Å². The van der Waals surface area contributed by atoms with Crippen LogP contribution in [0.1, 0.15) is 54.1 Å². The summed E-state index contributed by atoms with van der Waals surface area (Å²) in [5.74, 6) is 1.02. The predicted octanol–water partition coefficient (Wildman–Crippen LogP) is 5.36. The van der Waals surface area contributed by atoms with Crippen LogP contribution in [0.3, 0.4) is 0 Å². The Balaban J connectivity index is 1.79. The van der Waals surface area contributed by atoms with Gasteiger partial charge in [-0.2, -0.15) is 0 Å².